The van der Waals surface area contributed by atoms with Gasteiger partial charge in [0.05, 0.1) is 18.5 Å². The molecule has 0 aromatic heterocycles. The lowest BCUT2D eigenvalue weighted by Gasteiger charge is -2.19. The first-order valence-electron chi connectivity index (χ1n) is 7.15. The van der Waals surface area contributed by atoms with E-state index >= 15 is 0 Å². The maximum atomic E-state index is 6.03. The van der Waals surface area contributed by atoms with Crippen molar-refractivity contribution in [2.45, 2.75) is 6.42 Å². The van der Waals surface area contributed by atoms with E-state index in [9.17, 15) is 0 Å². The standard InChI is InChI=1S/C17H23N3O/c1-20(14-8-4-3-5-9-14)13-7-12-19-15-10-6-11-16(21-2)17(15)18/h3-6,8-11,19H,7,12-13,18H2,1-2H3. The lowest BCUT2D eigenvalue weighted by molar-refractivity contribution is 0.417. The second-order valence-corrected chi connectivity index (χ2v) is 4.96. The first kappa shape index (κ1) is 15.0. The van der Waals surface area contributed by atoms with Gasteiger partial charge in [-0.15, -0.1) is 0 Å². The van der Waals surface area contributed by atoms with E-state index in [1.54, 1.807) is 7.11 Å². The Morgan fingerprint density at radius 2 is 1.86 bits per heavy atom. The van der Waals surface area contributed by atoms with Gasteiger partial charge in [0, 0.05) is 25.8 Å². The Kier molecular flexibility index (Phi) is 5.32. The zero-order valence-corrected chi connectivity index (χ0v) is 12.7. The van der Waals surface area contributed by atoms with Crippen LogP contribution < -0.4 is 20.7 Å². The highest BCUT2D eigenvalue weighted by Gasteiger charge is 2.04. The second-order valence-electron chi connectivity index (χ2n) is 4.96. The summed E-state index contributed by atoms with van der Waals surface area (Å²) in [5.74, 6) is 0.710. The number of nitrogen functional groups attached to an aromatic ring is 1. The highest BCUT2D eigenvalue weighted by molar-refractivity contribution is 5.72. The van der Waals surface area contributed by atoms with Crippen molar-refractivity contribution < 1.29 is 4.74 Å². The molecule has 21 heavy (non-hydrogen) atoms. The smallest absolute Gasteiger partial charge is 0.143 e. The fraction of sp³-hybridized carbons (Fsp3) is 0.294. The fourth-order valence-electron chi connectivity index (χ4n) is 2.23. The minimum Gasteiger partial charge on any atom is -0.495 e. The van der Waals surface area contributed by atoms with Crippen molar-refractivity contribution in [3.05, 3.63) is 48.5 Å². The van der Waals surface area contributed by atoms with E-state index in [0.29, 0.717) is 11.4 Å². The van der Waals surface area contributed by atoms with Crippen LogP contribution in [0, 0.1) is 0 Å². The minimum absolute atomic E-state index is 0.663. The van der Waals surface area contributed by atoms with Gasteiger partial charge in [-0.2, -0.15) is 0 Å². The summed E-state index contributed by atoms with van der Waals surface area (Å²) in [5.41, 5.74) is 8.85. The third kappa shape index (κ3) is 4.05. The van der Waals surface area contributed by atoms with Gasteiger partial charge < -0.3 is 20.7 Å². The maximum Gasteiger partial charge on any atom is 0.143 e. The zero-order valence-electron chi connectivity index (χ0n) is 12.7. The molecular formula is C17H23N3O. The molecule has 0 fully saturated rings. The van der Waals surface area contributed by atoms with Crippen LogP contribution in [0.3, 0.4) is 0 Å². The van der Waals surface area contributed by atoms with Gasteiger partial charge in [0.1, 0.15) is 5.75 Å². The fourth-order valence-corrected chi connectivity index (χ4v) is 2.23. The Morgan fingerprint density at radius 3 is 2.57 bits per heavy atom. The van der Waals surface area contributed by atoms with Crippen LogP contribution in [0.25, 0.3) is 0 Å². The Hall–Kier alpha value is -2.36. The molecule has 0 aliphatic carbocycles. The molecule has 0 heterocycles. The van der Waals surface area contributed by atoms with Crippen molar-refractivity contribution in [1.29, 1.82) is 0 Å². The topological polar surface area (TPSA) is 50.5 Å². The number of rotatable bonds is 7. The molecule has 0 radical (unpaired) electrons. The van der Waals surface area contributed by atoms with Crippen molar-refractivity contribution in [3.8, 4) is 5.75 Å². The zero-order chi connectivity index (χ0) is 15.1. The SMILES string of the molecule is COc1cccc(NCCCN(C)c2ccccc2)c1N. The molecule has 0 unspecified atom stereocenters. The average Bonchev–Trinajstić information content (AvgIpc) is 2.53. The number of hydrogen-bond donors (Lipinski definition) is 2. The van der Waals surface area contributed by atoms with Crippen molar-refractivity contribution in [1.82, 2.24) is 0 Å². The minimum atomic E-state index is 0.663. The number of methoxy groups -OCH3 is 1. The van der Waals surface area contributed by atoms with Crippen LogP contribution in [0.15, 0.2) is 48.5 Å². The van der Waals surface area contributed by atoms with Gasteiger partial charge in [0.15, 0.2) is 0 Å². The Morgan fingerprint density at radius 1 is 1.10 bits per heavy atom. The van der Waals surface area contributed by atoms with E-state index in [1.807, 2.05) is 24.3 Å². The molecule has 0 amide bonds. The molecule has 0 aliphatic rings. The summed E-state index contributed by atoms with van der Waals surface area (Å²) in [4.78, 5) is 2.25. The van der Waals surface area contributed by atoms with Crippen LogP contribution in [0.2, 0.25) is 0 Å². The first-order chi connectivity index (χ1) is 10.2. The normalized spacial score (nSPS) is 10.2. The summed E-state index contributed by atoms with van der Waals surface area (Å²) in [7, 11) is 3.74. The molecule has 2 rings (SSSR count). The van der Waals surface area contributed by atoms with Gasteiger partial charge in [-0.1, -0.05) is 24.3 Å². The Balaban J connectivity index is 1.80. The van der Waals surface area contributed by atoms with E-state index in [4.69, 9.17) is 10.5 Å². The van der Waals surface area contributed by atoms with Crippen LogP contribution in [0.1, 0.15) is 6.42 Å². The Bertz CT molecular complexity index is 557. The van der Waals surface area contributed by atoms with Gasteiger partial charge in [-0.25, -0.2) is 0 Å². The maximum absolute atomic E-state index is 6.03. The number of para-hydroxylation sites is 2. The summed E-state index contributed by atoms with van der Waals surface area (Å²) < 4.78 is 5.21. The largest absolute Gasteiger partial charge is 0.495 e. The first-order valence-corrected chi connectivity index (χ1v) is 7.15. The predicted octanol–water partition coefficient (Wildman–Crippen LogP) is 3.22. The number of hydrogen-bond acceptors (Lipinski definition) is 4. The summed E-state index contributed by atoms with van der Waals surface area (Å²) in [6.45, 7) is 1.86. The van der Waals surface area contributed by atoms with E-state index in [-0.39, 0.29) is 0 Å². The molecule has 0 saturated heterocycles. The number of nitrogens with zero attached hydrogens (tertiary/aromatic N) is 1. The molecule has 0 aliphatic heterocycles. The van der Waals surface area contributed by atoms with Gasteiger partial charge in [0.2, 0.25) is 0 Å². The van der Waals surface area contributed by atoms with E-state index < -0.39 is 0 Å². The molecule has 0 saturated carbocycles. The number of nitrogens with one attached hydrogen (secondary N) is 1. The second kappa shape index (κ2) is 7.43. The summed E-state index contributed by atoms with van der Waals surface area (Å²) in [6.07, 6.45) is 1.03. The summed E-state index contributed by atoms with van der Waals surface area (Å²) in [5, 5.41) is 3.36. The van der Waals surface area contributed by atoms with Crippen LogP contribution in [-0.4, -0.2) is 27.2 Å². The number of ether oxygens (including phenoxy) is 1. The van der Waals surface area contributed by atoms with Gasteiger partial charge in [-0.05, 0) is 30.7 Å². The Labute approximate surface area is 126 Å². The monoisotopic (exact) mass is 285 g/mol. The molecule has 112 valence electrons. The van der Waals surface area contributed by atoms with Crippen LogP contribution in [0.4, 0.5) is 17.1 Å². The lowest BCUT2D eigenvalue weighted by atomic mass is 10.2. The van der Waals surface area contributed by atoms with Crippen molar-refractivity contribution >= 4 is 17.1 Å². The molecule has 4 heteroatoms. The van der Waals surface area contributed by atoms with E-state index in [0.717, 1.165) is 25.2 Å². The lowest BCUT2D eigenvalue weighted by Crippen LogP contribution is -2.20. The number of benzene rings is 2. The van der Waals surface area contributed by atoms with Crippen LogP contribution >= 0.6 is 0 Å². The third-order valence-corrected chi connectivity index (χ3v) is 3.47. The van der Waals surface area contributed by atoms with Crippen molar-refractivity contribution in [3.63, 3.8) is 0 Å². The predicted molar refractivity (Wildman–Crippen MR) is 90.2 cm³/mol. The number of nitrogens with two attached hydrogens (primary N) is 1. The quantitative estimate of drug-likeness (QED) is 0.606. The number of anilines is 3. The highest BCUT2D eigenvalue weighted by Crippen LogP contribution is 2.28. The van der Waals surface area contributed by atoms with Gasteiger partial charge in [0.25, 0.3) is 0 Å². The molecule has 3 N–H and O–H groups in total. The van der Waals surface area contributed by atoms with Crippen LogP contribution in [0.5, 0.6) is 5.75 Å². The van der Waals surface area contributed by atoms with Crippen molar-refractivity contribution in [2.75, 3.05) is 43.2 Å². The van der Waals surface area contributed by atoms with Crippen molar-refractivity contribution in [2.24, 2.45) is 0 Å². The molecule has 0 spiro atoms. The molecular weight excluding hydrogens is 262 g/mol. The molecule has 4 nitrogen and oxygen atoms in total. The molecule has 0 bridgehead atoms. The van der Waals surface area contributed by atoms with E-state index in [1.165, 1.54) is 5.69 Å². The molecule has 0 atom stereocenters. The summed E-state index contributed by atoms with van der Waals surface area (Å²) in [6, 6.07) is 16.2. The van der Waals surface area contributed by atoms with Crippen LogP contribution in [-0.2, 0) is 0 Å². The third-order valence-electron chi connectivity index (χ3n) is 3.47. The molecule has 2 aromatic carbocycles. The highest BCUT2D eigenvalue weighted by atomic mass is 16.5. The van der Waals surface area contributed by atoms with Gasteiger partial charge >= 0.3 is 0 Å². The van der Waals surface area contributed by atoms with Gasteiger partial charge in [-0.3, -0.25) is 0 Å². The average molecular weight is 285 g/mol. The molecule has 2 aromatic rings. The summed E-state index contributed by atoms with van der Waals surface area (Å²) >= 11 is 0. The van der Waals surface area contributed by atoms with E-state index in [2.05, 4.69) is 41.5 Å².